The van der Waals surface area contributed by atoms with Gasteiger partial charge in [0, 0.05) is 18.3 Å². The molecular formula is C16H32B2O5PS. The van der Waals surface area contributed by atoms with Crippen LogP contribution in [0.1, 0.15) is 47.5 Å². The van der Waals surface area contributed by atoms with Gasteiger partial charge in [-0.3, -0.25) is 0 Å². The lowest BCUT2D eigenvalue weighted by molar-refractivity contribution is -0.267. The zero-order valence-electron chi connectivity index (χ0n) is 17.1. The minimum absolute atomic E-state index is 0.0689. The third-order valence-corrected chi connectivity index (χ3v) is 6.07. The Morgan fingerprint density at radius 2 is 2.16 bits per heavy atom. The van der Waals surface area contributed by atoms with E-state index in [1.165, 1.54) is 0 Å². The molecule has 0 spiro atoms. The largest absolute Gasteiger partial charge is 0.390 e. The maximum absolute atomic E-state index is 10.7. The summed E-state index contributed by atoms with van der Waals surface area (Å²) in [6.07, 6.45) is -1.29. The van der Waals surface area contributed by atoms with Crippen molar-refractivity contribution in [3.8, 4) is 0 Å². The fourth-order valence-electron chi connectivity index (χ4n) is 3.17. The van der Waals surface area contributed by atoms with Crippen molar-refractivity contribution in [3.05, 3.63) is 0 Å². The molecule has 25 heavy (non-hydrogen) atoms. The Kier molecular flexibility index (Phi) is 8.60. The molecule has 2 unspecified atom stereocenters. The number of ether oxygens (including phenoxy) is 1. The number of hydrogen-bond donors (Lipinski definition) is 2. The number of rotatable bonds is 10. The maximum Gasteiger partial charge on any atom is 0.209 e. The standard InChI is InChI=1S/C16H32B2O5PS/c1-10(2)13(23-24(6)17)8-11-7-12(19)14(20)16(5,22-11)15(3,4)9-21-25-18/h10-14,18-20H,7-9H2,1-6H3/t11-,12-,13?,14-,16+,24?/m0/s1/i18T. The molecule has 9 heteroatoms. The lowest BCUT2D eigenvalue weighted by Crippen LogP contribution is -2.64. The first kappa shape index (κ1) is 22.0. The highest BCUT2D eigenvalue weighted by atomic mass is 32.2. The molecule has 1 aliphatic rings. The Morgan fingerprint density at radius 1 is 1.52 bits per heavy atom. The van der Waals surface area contributed by atoms with Gasteiger partial charge in [0.1, 0.15) is 19.3 Å². The highest BCUT2D eigenvalue weighted by Gasteiger charge is 2.54. The Labute approximate surface area is 162 Å². The van der Waals surface area contributed by atoms with Gasteiger partial charge in [-0.15, -0.1) is 0 Å². The van der Waals surface area contributed by atoms with Crippen molar-refractivity contribution in [1.29, 1.82) is 1.34 Å². The second kappa shape index (κ2) is 9.77. The lowest BCUT2D eigenvalue weighted by atomic mass is 9.69. The van der Waals surface area contributed by atoms with Crippen molar-refractivity contribution in [2.45, 2.75) is 77.5 Å². The smallest absolute Gasteiger partial charge is 0.209 e. The van der Waals surface area contributed by atoms with Crippen molar-refractivity contribution in [3.63, 3.8) is 0 Å². The van der Waals surface area contributed by atoms with Crippen LogP contribution in [-0.4, -0.2) is 69.5 Å². The van der Waals surface area contributed by atoms with Crippen molar-refractivity contribution in [1.82, 2.24) is 0 Å². The zero-order valence-corrected chi connectivity index (χ0v) is 17.8. The normalized spacial score (nSPS) is 33.8. The molecule has 6 atom stereocenters. The second-order valence-corrected chi connectivity index (χ2v) is 9.74. The molecule has 0 aromatic rings. The maximum atomic E-state index is 10.7. The molecule has 3 radical (unpaired) electrons. The quantitative estimate of drug-likeness (QED) is 0.258. The molecule has 1 rings (SSSR count). The summed E-state index contributed by atoms with van der Waals surface area (Å²) in [7, 11) is 5.97. The van der Waals surface area contributed by atoms with Gasteiger partial charge in [0.05, 0.1) is 24.9 Å². The van der Waals surface area contributed by atoms with Crippen LogP contribution in [0.4, 0.5) is 0 Å². The summed E-state index contributed by atoms with van der Waals surface area (Å²) in [6.45, 7) is 11.9. The van der Waals surface area contributed by atoms with Crippen LogP contribution >= 0.6 is 19.9 Å². The number of aliphatic hydroxyl groups is 2. The van der Waals surface area contributed by atoms with E-state index in [0.717, 1.165) is 19.0 Å². The van der Waals surface area contributed by atoms with Gasteiger partial charge in [0.2, 0.25) is 7.09 Å². The van der Waals surface area contributed by atoms with E-state index >= 15 is 0 Å². The molecule has 2 N–H and O–H groups in total. The third-order valence-electron chi connectivity index (χ3n) is 5.22. The van der Waals surface area contributed by atoms with Gasteiger partial charge in [-0.25, -0.2) is 0 Å². The Balaban J connectivity index is 2.92. The van der Waals surface area contributed by atoms with Gasteiger partial charge in [0.25, 0.3) is 0 Å². The van der Waals surface area contributed by atoms with Crippen LogP contribution in [0, 0.1) is 11.3 Å². The van der Waals surface area contributed by atoms with Crippen LogP contribution in [0.3, 0.4) is 0 Å². The monoisotopic (exact) mass is 391 g/mol. The van der Waals surface area contributed by atoms with Gasteiger partial charge in [-0.1, -0.05) is 39.6 Å². The Bertz CT molecular complexity index is 435. The molecule has 1 fully saturated rings. The fraction of sp³-hybridized carbons (Fsp3) is 1.00. The summed E-state index contributed by atoms with van der Waals surface area (Å²) in [5.41, 5.74) is -1.58. The molecule has 143 valence electrons. The van der Waals surface area contributed by atoms with Crippen molar-refractivity contribution in [2.75, 3.05) is 13.3 Å². The Hall–Kier alpha value is 0.710. The topological polar surface area (TPSA) is 68.2 Å². The second-order valence-electron chi connectivity index (χ2n) is 8.01. The van der Waals surface area contributed by atoms with Gasteiger partial charge in [0.15, 0.2) is 0 Å². The van der Waals surface area contributed by atoms with Crippen LogP contribution in [0.15, 0.2) is 0 Å². The molecule has 1 heterocycles. The van der Waals surface area contributed by atoms with Gasteiger partial charge >= 0.3 is 0 Å². The molecule has 1 saturated heterocycles. The predicted molar refractivity (Wildman–Crippen MR) is 107 cm³/mol. The SMILES string of the molecule is [3H][B]SOCC(C)(C)[C@]1(C)O[C@H](CC(OP([B])C)C(C)C)C[C@H](O)[C@@H]1O. The Morgan fingerprint density at radius 3 is 2.68 bits per heavy atom. The van der Waals surface area contributed by atoms with Crippen LogP contribution in [0.25, 0.3) is 0 Å². The number of aliphatic hydroxyl groups excluding tert-OH is 2. The lowest BCUT2D eigenvalue weighted by Gasteiger charge is -2.53. The summed E-state index contributed by atoms with van der Waals surface area (Å²) in [4.78, 5) is 0. The summed E-state index contributed by atoms with van der Waals surface area (Å²) in [5, 5.41) is 21.1. The van der Waals surface area contributed by atoms with Crippen LogP contribution in [-0.2, 0) is 13.4 Å². The van der Waals surface area contributed by atoms with Gasteiger partial charge in [-0.05, 0) is 28.9 Å². The van der Waals surface area contributed by atoms with E-state index in [9.17, 15) is 10.2 Å². The molecule has 0 saturated carbocycles. The molecule has 0 aromatic carbocycles. The average molecular weight is 391 g/mol. The summed E-state index contributed by atoms with van der Waals surface area (Å²) in [6, 6.07) is 0. The molecule has 0 bridgehead atoms. The average Bonchev–Trinajstić information content (AvgIpc) is 2.51. The fourth-order valence-corrected chi connectivity index (χ4v) is 4.29. The van der Waals surface area contributed by atoms with Crippen molar-refractivity contribution >= 4 is 34.6 Å². The molecular weight excluding hydrogens is 357 g/mol. The first-order chi connectivity index (χ1) is 11.9. The van der Waals surface area contributed by atoms with E-state index in [4.69, 9.17) is 22.3 Å². The summed E-state index contributed by atoms with van der Waals surface area (Å²) >= 11 is 0.932. The van der Waals surface area contributed by atoms with Crippen LogP contribution < -0.4 is 0 Å². The van der Waals surface area contributed by atoms with Gasteiger partial charge < -0.3 is 23.7 Å². The number of hydrogen-bond acceptors (Lipinski definition) is 6. The molecule has 5 nitrogen and oxygen atoms in total. The van der Waals surface area contributed by atoms with Crippen LogP contribution in [0.2, 0.25) is 0 Å². The molecule has 0 aliphatic carbocycles. The van der Waals surface area contributed by atoms with Crippen LogP contribution in [0.5, 0.6) is 0 Å². The first-order valence-corrected chi connectivity index (χ1v) is 11.2. The summed E-state index contributed by atoms with van der Waals surface area (Å²) in [5.74, 6) is 0.266. The van der Waals surface area contributed by atoms with E-state index in [1.807, 2.05) is 27.4 Å². The minimum atomic E-state index is -1.03. The zero-order chi connectivity index (χ0) is 20.1. The molecule has 0 aromatic heterocycles. The highest BCUT2D eigenvalue weighted by Crippen LogP contribution is 2.45. The molecule has 1 aliphatic heterocycles. The minimum Gasteiger partial charge on any atom is -0.390 e. The van der Waals surface area contributed by atoms with Gasteiger partial charge in [-0.2, -0.15) is 0 Å². The van der Waals surface area contributed by atoms with E-state index in [1.54, 1.807) is 0 Å². The summed E-state index contributed by atoms with van der Waals surface area (Å²) < 4.78 is 24.7. The molecule has 0 amide bonds. The van der Waals surface area contributed by atoms with Crippen molar-refractivity contribution < 1.29 is 23.7 Å². The first-order valence-electron chi connectivity index (χ1n) is 9.19. The predicted octanol–water partition coefficient (Wildman–Crippen LogP) is 2.30. The van der Waals surface area contributed by atoms with E-state index < -0.39 is 31.3 Å². The van der Waals surface area contributed by atoms with Crippen molar-refractivity contribution in [2.24, 2.45) is 11.3 Å². The van der Waals surface area contributed by atoms with E-state index in [0.29, 0.717) is 12.8 Å². The van der Waals surface area contributed by atoms with E-state index in [2.05, 4.69) is 13.8 Å². The third kappa shape index (κ3) is 6.10. The highest BCUT2D eigenvalue weighted by molar-refractivity contribution is 8.15. The van der Waals surface area contributed by atoms with E-state index in [-0.39, 0.29) is 24.7 Å².